The molecule has 1 saturated heterocycles. The zero-order valence-electron chi connectivity index (χ0n) is 10.1. The van der Waals surface area contributed by atoms with Gasteiger partial charge in [0.05, 0.1) is 6.04 Å². The first-order chi connectivity index (χ1) is 8.85. The Hall–Kier alpha value is -1.92. The smallest absolute Gasteiger partial charge is 0.447 e. The molecule has 1 atom stereocenters. The van der Waals surface area contributed by atoms with E-state index in [9.17, 15) is 18.0 Å². The molecule has 1 heterocycles. The minimum Gasteiger partial charge on any atom is -0.447 e. The average molecular weight is 275 g/mol. The number of carbonyl (C=O) groups excluding carboxylic acids is 1. The van der Waals surface area contributed by atoms with E-state index in [1.807, 2.05) is 0 Å². The number of benzene rings is 1. The van der Waals surface area contributed by atoms with Crippen LogP contribution in [0.5, 0.6) is 5.75 Å². The van der Waals surface area contributed by atoms with Crippen molar-refractivity contribution in [1.29, 1.82) is 0 Å². The van der Waals surface area contributed by atoms with Crippen LogP contribution in [0.3, 0.4) is 0 Å². The molecule has 0 bridgehead atoms. The lowest BCUT2D eigenvalue weighted by Crippen LogP contribution is -2.30. The molecule has 7 heteroatoms. The standard InChI is InChI=1S/C12H12F3NO3/c1-8-7-18-11(17)16(8)6-9-3-2-4-10(5-9)19-12(13,14)15/h2-5,8H,6-7H2,1H3. The van der Waals surface area contributed by atoms with Crippen LogP contribution in [0.4, 0.5) is 18.0 Å². The van der Waals surface area contributed by atoms with Gasteiger partial charge in [-0.2, -0.15) is 0 Å². The molecule has 1 aliphatic rings. The van der Waals surface area contributed by atoms with Crippen molar-refractivity contribution in [2.24, 2.45) is 0 Å². The predicted molar refractivity (Wildman–Crippen MR) is 59.5 cm³/mol. The van der Waals surface area contributed by atoms with Gasteiger partial charge in [0.2, 0.25) is 0 Å². The molecule has 0 spiro atoms. The summed E-state index contributed by atoms with van der Waals surface area (Å²) in [7, 11) is 0. The molecule has 2 rings (SSSR count). The summed E-state index contributed by atoms with van der Waals surface area (Å²) in [6.45, 7) is 2.29. The Labute approximate surface area is 107 Å². The van der Waals surface area contributed by atoms with Gasteiger partial charge in [0.15, 0.2) is 0 Å². The molecule has 1 aliphatic heterocycles. The quantitative estimate of drug-likeness (QED) is 0.851. The third-order valence-electron chi connectivity index (χ3n) is 2.70. The van der Waals surface area contributed by atoms with Crippen LogP contribution in [-0.2, 0) is 11.3 Å². The number of alkyl halides is 3. The third-order valence-corrected chi connectivity index (χ3v) is 2.70. The Morgan fingerprint density at radius 2 is 2.21 bits per heavy atom. The van der Waals surface area contributed by atoms with Crippen molar-refractivity contribution in [3.63, 3.8) is 0 Å². The Morgan fingerprint density at radius 1 is 1.47 bits per heavy atom. The van der Waals surface area contributed by atoms with Gasteiger partial charge in [-0.1, -0.05) is 12.1 Å². The largest absolute Gasteiger partial charge is 0.573 e. The second-order valence-electron chi connectivity index (χ2n) is 4.25. The molecule has 1 fully saturated rings. The maximum absolute atomic E-state index is 12.1. The summed E-state index contributed by atoms with van der Waals surface area (Å²) in [5, 5.41) is 0. The molecule has 1 unspecified atom stereocenters. The summed E-state index contributed by atoms with van der Waals surface area (Å²) >= 11 is 0. The Bertz CT molecular complexity index is 476. The second kappa shape index (κ2) is 4.99. The topological polar surface area (TPSA) is 38.8 Å². The number of nitrogens with zero attached hydrogens (tertiary/aromatic N) is 1. The van der Waals surface area contributed by atoms with Gasteiger partial charge in [-0.3, -0.25) is 4.90 Å². The molecule has 1 amide bonds. The fraction of sp³-hybridized carbons (Fsp3) is 0.417. The summed E-state index contributed by atoms with van der Waals surface area (Å²) in [6, 6.07) is 5.44. The van der Waals surface area contributed by atoms with E-state index in [0.717, 1.165) is 0 Å². The van der Waals surface area contributed by atoms with E-state index < -0.39 is 12.5 Å². The Kier molecular flexibility index (Phi) is 3.55. The van der Waals surface area contributed by atoms with Gasteiger partial charge in [0, 0.05) is 6.54 Å². The van der Waals surface area contributed by atoms with Crippen molar-refractivity contribution < 1.29 is 27.4 Å². The SMILES string of the molecule is CC1COC(=O)N1Cc1cccc(OC(F)(F)F)c1. The van der Waals surface area contributed by atoms with E-state index in [2.05, 4.69) is 4.74 Å². The van der Waals surface area contributed by atoms with E-state index in [0.29, 0.717) is 5.56 Å². The van der Waals surface area contributed by atoms with Gasteiger partial charge < -0.3 is 9.47 Å². The molecule has 104 valence electrons. The van der Waals surface area contributed by atoms with E-state index in [1.54, 1.807) is 13.0 Å². The lowest BCUT2D eigenvalue weighted by atomic mass is 10.2. The molecule has 1 aromatic rings. The van der Waals surface area contributed by atoms with Crippen LogP contribution in [0.25, 0.3) is 0 Å². The minimum atomic E-state index is -4.72. The number of hydrogen-bond donors (Lipinski definition) is 0. The van der Waals surface area contributed by atoms with Gasteiger partial charge in [0.1, 0.15) is 12.4 Å². The first kappa shape index (κ1) is 13.5. The predicted octanol–water partition coefficient (Wildman–Crippen LogP) is 2.93. The molecule has 0 radical (unpaired) electrons. The molecule has 4 nitrogen and oxygen atoms in total. The van der Waals surface area contributed by atoms with Gasteiger partial charge in [0.25, 0.3) is 0 Å². The van der Waals surface area contributed by atoms with Crippen LogP contribution in [0.15, 0.2) is 24.3 Å². The summed E-state index contributed by atoms with van der Waals surface area (Å²) < 4.78 is 44.9. The Morgan fingerprint density at radius 3 is 2.79 bits per heavy atom. The van der Waals surface area contributed by atoms with Crippen LogP contribution < -0.4 is 4.74 Å². The van der Waals surface area contributed by atoms with Gasteiger partial charge >= 0.3 is 12.5 Å². The lowest BCUT2D eigenvalue weighted by Gasteiger charge is -2.18. The Balaban J connectivity index is 2.09. The van der Waals surface area contributed by atoms with Crippen LogP contribution in [-0.4, -0.2) is 30.0 Å². The van der Waals surface area contributed by atoms with Crippen LogP contribution in [0.1, 0.15) is 12.5 Å². The average Bonchev–Trinajstić information content (AvgIpc) is 2.59. The van der Waals surface area contributed by atoms with Crippen LogP contribution in [0, 0.1) is 0 Å². The molecule has 0 N–H and O–H groups in total. The van der Waals surface area contributed by atoms with Gasteiger partial charge in [-0.25, -0.2) is 4.79 Å². The van der Waals surface area contributed by atoms with E-state index >= 15 is 0 Å². The van der Waals surface area contributed by atoms with Crippen molar-refractivity contribution in [1.82, 2.24) is 4.90 Å². The van der Waals surface area contributed by atoms with Gasteiger partial charge in [-0.15, -0.1) is 13.2 Å². The fourth-order valence-corrected chi connectivity index (χ4v) is 1.80. The van der Waals surface area contributed by atoms with E-state index in [4.69, 9.17) is 4.74 Å². The minimum absolute atomic E-state index is 0.0975. The lowest BCUT2D eigenvalue weighted by molar-refractivity contribution is -0.274. The third kappa shape index (κ3) is 3.52. The summed E-state index contributed by atoms with van der Waals surface area (Å²) in [5.74, 6) is -0.301. The van der Waals surface area contributed by atoms with Crippen molar-refractivity contribution in [2.75, 3.05) is 6.61 Å². The van der Waals surface area contributed by atoms with Gasteiger partial charge in [-0.05, 0) is 24.6 Å². The molecule has 0 saturated carbocycles. The zero-order valence-corrected chi connectivity index (χ0v) is 10.1. The zero-order chi connectivity index (χ0) is 14.0. The number of hydrogen-bond acceptors (Lipinski definition) is 3. The summed E-state index contributed by atoms with van der Waals surface area (Å²) in [6.07, 6.45) is -5.19. The molecule has 0 aliphatic carbocycles. The second-order valence-corrected chi connectivity index (χ2v) is 4.25. The van der Waals surface area contributed by atoms with E-state index in [1.165, 1.54) is 23.1 Å². The number of ether oxygens (including phenoxy) is 2. The highest BCUT2D eigenvalue weighted by atomic mass is 19.4. The summed E-state index contributed by atoms with van der Waals surface area (Å²) in [5.41, 5.74) is 0.549. The monoisotopic (exact) mass is 275 g/mol. The van der Waals surface area contributed by atoms with Crippen molar-refractivity contribution in [3.05, 3.63) is 29.8 Å². The normalized spacial score (nSPS) is 19.5. The molecule has 0 aromatic heterocycles. The van der Waals surface area contributed by atoms with E-state index in [-0.39, 0.29) is 24.9 Å². The fourth-order valence-electron chi connectivity index (χ4n) is 1.80. The first-order valence-electron chi connectivity index (χ1n) is 5.63. The first-order valence-corrected chi connectivity index (χ1v) is 5.63. The number of amides is 1. The number of halogens is 3. The number of carbonyl (C=O) groups is 1. The highest BCUT2D eigenvalue weighted by Gasteiger charge is 2.32. The molecular formula is C12H12F3NO3. The highest BCUT2D eigenvalue weighted by Crippen LogP contribution is 2.24. The number of cyclic esters (lactones) is 1. The van der Waals surface area contributed by atoms with Crippen molar-refractivity contribution >= 4 is 6.09 Å². The highest BCUT2D eigenvalue weighted by molar-refractivity contribution is 5.70. The number of rotatable bonds is 3. The molecule has 1 aromatic carbocycles. The molecular weight excluding hydrogens is 263 g/mol. The van der Waals surface area contributed by atoms with Crippen molar-refractivity contribution in [3.8, 4) is 5.75 Å². The summed E-state index contributed by atoms with van der Waals surface area (Å²) in [4.78, 5) is 12.8. The van der Waals surface area contributed by atoms with Crippen LogP contribution in [0.2, 0.25) is 0 Å². The molecule has 19 heavy (non-hydrogen) atoms. The maximum Gasteiger partial charge on any atom is 0.573 e. The van der Waals surface area contributed by atoms with Crippen molar-refractivity contribution in [2.45, 2.75) is 25.9 Å². The van der Waals surface area contributed by atoms with Crippen LogP contribution >= 0.6 is 0 Å². The maximum atomic E-state index is 12.1.